The van der Waals surface area contributed by atoms with Gasteiger partial charge in [-0.15, -0.1) is 0 Å². The number of imidazole rings is 1. The molecule has 0 saturated heterocycles. The summed E-state index contributed by atoms with van der Waals surface area (Å²) in [5.74, 6) is -0.0941. The number of anilines is 2. The fraction of sp³-hybridized carbons (Fsp3) is 0.154. The SMILES string of the molecule is Cc1ccc2nc(SCC(=O)Nc3nonc3NC=O)[nH]c2c1. The summed E-state index contributed by atoms with van der Waals surface area (Å²) in [4.78, 5) is 29.8. The van der Waals surface area contributed by atoms with E-state index in [9.17, 15) is 9.59 Å². The van der Waals surface area contributed by atoms with Crippen LogP contribution in [0.4, 0.5) is 11.6 Å². The average molecular weight is 332 g/mol. The smallest absolute Gasteiger partial charge is 0.236 e. The zero-order valence-electron chi connectivity index (χ0n) is 12.0. The first-order valence-electron chi connectivity index (χ1n) is 6.57. The predicted octanol–water partition coefficient (Wildman–Crippen LogP) is 1.55. The van der Waals surface area contributed by atoms with E-state index in [1.54, 1.807) is 0 Å². The van der Waals surface area contributed by atoms with Gasteiger partial charge in [0, 0.05) is 0 Å². The Labute approximate surface area is 134 Å². The number of aromatic amines is 1. The van der Waals surface area contributed by atoms with Crippen molar-refractivity contribution in [3.05, 3.63) is 23.8 Å². The number of hydrogen-bond acceptors (Lipinski definition) is 7. The number of H-pyrrole nitrogens is 1. The van der Waals surface area contributed by atoms with Gasteiger partial charge in [-0.2, -0.15) is 0 Å². The Morgan fingerprint density at radius 3 is 3.04 bits per heavy atom. The maximum atomic E-state index is 11.9. The minimum Gasteiger partial charge on any atom is -0.333 e. The van der Waals surface area contributed by atoms with Gasteiger partial charge in [0.25, 0.3) is 0 Å². The molecule has 2 amide bonds. The van der Waals surface area contributed by atoms with Crippen LogP contribution in [0, 0.1) is 6.92 Å². The zero-order chi connectivity index (χ0) is 16.2. The lowest BCUT2D eigenvalue weighted by atomic mass is 10.2. The quantitative estimate of drug-likeness (QED) is 0.462. The molecule has 0 atom stereocenters. The minimum atomic E-state index is -0.323. The lowest BCUT2D eigenvalue weighted by Crippen LogP contribution is -2.15. The Morgan fingerprint density at radius 2 is 2.22 bits per heavy atom. The number of carbonyl (C=O) groups is 2. The highest BCUT2D eigenvalue weighted by atomic mass is 32.2. The van der Waals surface area contributed by atoms with Gasteiger partial charge in [0.2, 0.25) is 24.0 Å². The molecule has 118 valence electrons. The minimum absolute atomic E-state index is 0.0533. The Bertz CT molecular complexity index is 858. The molecule has 0 bridgehead atoms. The number of aromatic nitrogens is 4. The molecule has 3 rings (SSSR count). The van der Waals surface area contributed by atoms with E-state index in [0.29, 0.717) is 11.6 Å². The Balaban J connectivity index is 1.61. The summed E-state index contributed by atoms with van der Waals surface area (Å²) < 4.78 is 4.45. The normalized spacial score (nSPS) is 10.7. The Morgan fingerprint density at radius 1 is 1.39 bits per heavy atom. The molecule has 0 aliphatic rings. The number of carbonyl (C=O) groups excluding carboxylic acids is 2. The summed E-state index contributed by atoms with van der Waals surface area (Å²) in [5.41, 5.74) is 2.90. The second kappa shape index (κ2) is 6.48. The van der Waals surface area contributed by atoms with E-state index in [1.807, 2.05) is 25.1 Å². The predicted molar refractivity (Wildman–Crippen MR) is 84.2 cm³/mol. The van der Waals surface area contributed by atoms with Crippen LogP contribution >= 0.6 is 11.8 Å². The molecule has 0 unspecified atom stereocenters. The monoisotopic (exact) mass is 332 g/mol. The van der Waals surface area contributed by atoms with Crippen molar-refractivity contribution in [2.75, 3.05) is 16.4 Å². The van der Waals surface area contributed by atoms with E-state index < -0.39 is 0 Å². The van der Waals surface area contributed by atoms with Gasteiger partial charge in [-0.05, 0) is 34.9 Å². The molecule has 3 aromatic rings. The number of amides is 2. The van der Waals surface area contributed by atoms with Crippen molar-refractivity contribution in [2.45, 2.75) is 12.1 Å². The number of aryl methyl sites for hydroxylation is 1. The first kappa shape index (κ1) is 15.0. The van der Waals surface area contributed by atoms with E-state index >= 15 is 0 Å². The van der Waals surface area contributed by atoms with Crippen LogP contribution in [-0.2, 0) is 9.59 Å². The van der Waals surface area contributed by atoms with E-state index in [4.69, 9.17) is 0 Å². The van der Waals surface area contributed by atoms with Crippen molar-refractivity contribution in [3.8, 4) is 0 Å². The highest BCUT2D eigenvalue weighted by molar-refractivity contribution is 7.99. The van der Waals surface area contributed by atoms with E-state index in [1.165, 1.54) is 11.8 Å². The van der Waals surface area contributed by atoms with Crippen molar-refractivity contribution < 1.29 is 14.2 Å². The van der Waals surface area contributed by atoms with Gasteiger partial charge < -0.3 is 15.6 Å². The summed E-state index contributed by atoms with van der Waals surface area (Å²) in [6, 6.07) is 5.89. The third-order valence-electron chi connectivity index (χ3n) is 2.90. The highest BCUT2D eigenvalue weighted by Crippen LogP contribution is 2.21. The molecule has 0 saturated carbocycles. The van der Waals surface area contributed by atoms with Crippen LogP contribution in [0.3, 0.4) is 0 Å². The molecule has 10 heteroatoms. The van der Waals surface area contributed by atoms with Crippen LogP contribution in [0.15, 0.2) is 28.0 Å². The second-order valence-corrected chi connectivity index (χ2v) is 5.59. The maximum absolute atomic E-state index is 11.9. The fourth-order valence-corrected chi connectivity index (χ4v) is 2.58. The van der Waals surface area contributed by atoms with Crippen molar-refractivity contribution in [1.29, 1.82) is 0 Å². The van der Waals surface area contributed by atoms with Crippen molar-refractivity contribution in [2.24, 2.45) is 0 Å². The molecule has 0 aliphatic carbocycles. The third-order valence-corrected chi connectivity index (χ3v) is 3.77. The van der Waals surface area contributed by atoms with Gasteiger partial charge >= 0.3 is 0 Å². The molecule has 2 heterocycles. The van der Waals surface area contributed by atoms with Crippen molar-refractivity contribution in [3.63, 3.8) is 0 Å². The first-order valence-corrected chi connectivity index (χ1v) is 7.56. The highest BCUT2D eigenvalue weighted by Gasteiger charge is 2.13. The summed E-state index contributed by atoms with van der Waals surface area (Å²) in [6.45, 7) is 2.00. The van der Waals surface area contributed by atoms with Crippen LogP contribution in [0.2, 0.25) is 0 Å². The average Bonchev–Trinajstić information content (AvgIpc) is 3.12. The van der Waals surface area contributed by atoms with Crippen LogP contribution in [0.25, 0.3) is 11.0 Å². The molecule has 0 aliphatic heterocycles. The first-order chi connectivity index (χ1) is 11.2. The fourth-order valence-electron chi connectivity index (χ4n) is 1.89. The van der Waals surface area contributed by atoms with Gasteiger partial charge in [-0.25, -0.2) is 9.61 Å². The maximum Gasteiger partial charge on any atom is 0.236 e. The third kappa shape index (κ3) is 3.48. The van der Waals surface area contributed by atoms with Gasteiger partial charge in [-0.3, -0.25) is 9.59 Å². The van der Waals surface area contributed by atoms with Crippen LogP contribution in [0.5, 0.6) is 0 Å². The topological polar surface area (TPSA) is 126 Å². The molecule has 9 nitrogen and oxygen atoms in total. The number of rotatable bonds is 6. The van der Waals surface area contributed by atoms with Crippen LogP contribution in [0.1, 0.15) is 5.56 Å². The molecular formula is C13H12N6O3S. The molecular weight excluding hydrogens is 320 g/mol. The van der Waals surface area contributed by atoms with E-state index in [0.717, 1.165) is 16.6 Å². The van der Waals surface area contributed by atoms with E-state index in [-0.39, 0.29) is 23.3 Å². The molecule has 3 N–H and O–H groups in total. The number of hydrogen-bond donors (Lipinski definition) is 3. The van der Waals surface area contributed by atoms with Crippen LogP contribution < -0.4 is 10.6 Å². The van der Waals surface area contributed by atoms with Gasteiger partial charge in [0.15, 0.2) is 5.16 Å². The molecule has 0 fully saturated rings. The van der Waals surface area contributed by atoms with E-state index in [2.05, 4.69) is 35.5 Å². The van der Waals surface area contributed by atoms with Gasteiger partial charge in [-0.1, -0.05) is 17.8 Å². The number of fused-ring (bicyclic) bond motifs is 1. The number of nitrogens with one attached hydrogen (secondary N) is 3. The summed E-state index contributed by atoms with van der Waals surface area (Å²) in [5, 5.41) is 12.4. The molecule has 23 heavy (non-hydrogen) atoms. The molecule has 2 aromatic heterocycles. The largest absolute Gasteiger partial charge is 0.333 e. The number of nitrogens with zero attached hydrogens (tertiary/aromatic N) is 3. The zero-order valence-corrected chi connectivity index (χ0v) is 12.8. The molecule has 1 aromatic carbocycles. The summed E-state index contributed by atoms with van der Waals surface area (Å²) >= 11 is 1.25. The van der Waals surface area contributed by atoms with Crippen molar-refractivity contribution in [1.82, 2.24) is 20.3 Å². The summed E-state index contributed by atoms with van der Waals surface area (Å²) in [7, 11) is 0. The van der Waals surface area contributed by atoms with Crippen LogP contribution in [-0.4, -0.2) is 38.4 Å². The Kier molecular flexibility index (Phi) is 4.24. The second-order valence-electron chi connectivity index (χ2n) is 4.62. The lowest BCUT2D eigenvalue weighted by Gasteiger charge is -2.00. The van der Waals surface area contributed by atoms with Gasteiger partial charge in [0.05, 0.1) is 16.8 Å². The van der Waals surface area contributed by atoms with Gasteiger partial charge in [0.1, 0.15) is 0 Å². The van der Waals surface area contributed by atoms with Crippen molar-refractivity contribution >= 4 is 46.7 Å². The number of thioether (sulfide) groups is 1. The number of benzene rings is 1. The lowest BCUT2D eigenvalue weighted by molar-refractivity contribution is -0.114. The molecule has 0 radical (unpaired) electrons. The molecule has 0 spiro atoms. The standard InChI is InChI=1S/C13H12N6O3S/c1-7-2-3-8-9(4-7)16-13(15-8)23-5-10(21)17-12-11(14-6-20)18-22-19-12/h2-4,6H,5H2,1H3,(H,15,16)(H,14,18,20)(H,17,19,21). The Hall–Kier alpha value is -2.88. The summed E-state index contributed by atoms with van der Waals surface area (Å²) in [6.07, 6.45) is 0.417.